The van der Waals surface area contributed by atoms with Gasteiger partial charge in [-0.2, -0.15) is 0 Å². The Labute approximate surface area is 105 Å². The number of nitrogens with one attached hydrogen (secondary N) is 1. The summed E-state index contributed by atoms with van der Waals surface area (Å²) in [5, 5.41) is 3.50. The molecule has 0 unspecified atom stereocenters. The van der Waals surface area contributed by atoms with Gasteiger partial charge in [-0.05, 0) is 30.4 Å². The van der Waals surface area contributed by atoms with Crippen LogP contribution in [0.1, 0.15) is 43.2 Å². The summed E-state index contributed by atoms with van der Waals surface area (Å²) in [5.41, 5.74) is 3.54. The molecule has 92 valence electrons. The Morgan fingerprint density at radius 1 is 1.18 bits per heavy atom. The van der Waals surface area contributed by atoms with Gasteiger partial charge in [0, 0.05) is 18.5 Å². The van der Waals surface area contributed by atoms with Gasteiger partial charge in [-0.25, -0.2) is 0 Å². The molecule has 0 amide bonds. The Bertz CT molecular complexity index is 386. The van der Waals surface area contributed by atoms with Gasteiger partial charge in [-0.3, -0.25) is 0 Å². The molecular formula is C16H23N. The van der Waals surface area contributed by atoms with Crippen molar-refractivity contribution in [1.29, 1.82) is 0 Å². The van der Waals surface area contributed by atoms with E-state index in [1.54, 1.807) is 5.56 Å². The molecule has 1 aliphatic carbocycles. The molecule has 1 aliphatic heterocycles. The third-order valence-corrected chi connectivity index (χ3v) is 4.80. The molecule has 1 saturated carbocycles. The molecule has 0 aromatic heterocycles. The van der Waals surface area contributed by atoms with Gasteiger partial charge >= 0.3 is 0 Å². The lowest BCUT2D eigenvalue weighted by Crippen LogP contribution is -2.57. The molecule has 0 atom stereocenters. The maximum absolute atomic E-state index is 3.50. The summed E-state index contributed by atoms with van der Waals surface area (Å²) in [6.07, 6.45) is 7.26. The lowest BCUT2D eigenvalue weighted by molar-refractivity contribution is 0.217. The predicted molar refractivity (Wildman–Crippen MR) is 72.3 cm³/mol. The molecule has 3 rings (SSSR count). The quantitative estimate of drug-likeness (QED) is 0.837. The summed E-state index contributed by atoms with van der Waals surface area (Å²) in [7, 11) is 0. The van der Waals surface area contributed by atoms with E-state index in [2.05, 4.69) is 36.5 Å². The fourth-order valence-corrected chi connectivity index (χ4v) is 3.81. The van der Waals surface area contributed by atoms with Crippen molar-refractivity contribution in [2.45, 2.75) is 44.4 Å². The van der Waals surface area contributed by atoms with Crippen molar-refractivity contribution < 1.29 is 0 Å². The summed E-state index contributed by atoms with van der Waals surface area (Å²) in [5.74, 6) is 0.983. The highest BCUT2D eigenvalue weighted by molar-refractivity contribution is 5.36. The second-order valence-corrected chi connectivity index (χ2v) is 6.05. The summed E-state index contributed by atoms with van der Waals surface area (Å²) >= 11 is 0. The van der Waals surface area contributed by atoms with Crippen LogP contribution in [-0.4, -0.2) is 13.1 Å². The van der Waals surface area contributed by atoms with Gasteiger partial charge in [0.2, 0.25) is 0 Å². The molecule has 2 aliphatic rings. The number of hydrogen-bond donors (Lipinski definition) is 1. The SMILES string of the molecule is Cc1ccccc1C1(CC2CCCC2)CNC1. The Balaban J connectivity index is 1.83. The van der Waals surface area contributed by atoms with Crippen LogP contribution < -0.4 is 5.32 Å². The third kappa shape index (κ3) is 2.01. The minimum Gasteiger partial charge on any atom is -0.315 e. The predicted octanol–water partition coefficient (Wildman–Crippen LogP) is 3.42. The highest BCUT2D eigenvalue weighted by atomic mass is 15.0. The topological polar surface area (TPSA) is 12.0 Å². The van der Waals surface area contributed by atoms with Crippen molar-refractivity contribution >= 4 is 0 Å². The number of rotatable bonds is 3. The molecule has 2 fully saturated rings. The molecule has 1 heterocycles. The molecule has 1 N–H and O–H groups in total. The number of hydrogen-bond acceptors (Lipinski definition) is 1. The fourth-order valence-electron chi connectivity index (χ4n) is 3.81. The zero-order valence-electron chi connectivity index (χ0n) is 10.8. The summed E-state index contributed by atoms with van der Waals surface area (Å²) in [6.45, 7) is 4.65. The Kier molecular flexibility index (Phi) is 2.96. The highest BCUT2D eigenvalue weighted by Crippen LogP contribution is 2.41. The Morgan fingerprint density at radius 3 is 2.47 bits per heavy atom. The van der Waals surface area contributed by atoms with Crippen LogP contribution >= 0.6 is 0 Å². The second-order valence-electron chi connectivity index (χ2n) is 6.05. The molecule has 1 saturated heterocycles. The van der Waals surface area contributed by atoms with Crippen LogP contribution in [-0.2, 0) is 5.41 Å². The molecule has 1 aromatic rings. The van der Waals surface area contributed by atoms with Gasteiger partial charge in [0.25, 0.3) is 0 Å². The molecule has 0 spiro atoms. The van der Waals surface area contributed by atoms with Crippen LogP contribution in [0.3, 0.4) is 0 Å². The second kappa shape index (κ2) is 4.45. The first kappa shape index (κ1) is 11.3. The van der Waals surface area contributed by atoms with Gasteiger partial charge in [0.15, 0.2) is 0 Å². The van der Waals surface area contributed by atoms with E-state index in [1.165, 1.54) is 50.8 Å². The molecule has 1 heteroatoms. The normalized spacial score (nSPS) is 23.6. The van der Waals surface area contributed by atoms with Crippen molar-refractivity contribution in [3.63, 3.8) is 0 Å². The van der Waals surface area contributed by atoms with E-state index < -0.39 is 0 Å². The zero-order valence-corrected chi connectivity index (χ0v) is 10.8. The first-order chi connectivity index (χ1) is 8.30. The van der Waals surface area contributed by atoms with E-state index in [1.807, 2.05) is 0 Å². The zero-order chi connectivity index (χ0) is 11.7. The van der Waals surface area contributed by atoms with Gasteiger partial charge < -0.3 is 5.32 Å². The highest BCUT2D eigenvalue weighted by Gasteiger charge is 2.41. The average Bonchev–Trinajstić information content (AvgIpc) is 2.77. The smallest absolute Gasteiger partial charge is 0.0207 e. The lowest BCUT2D eigenvalue weighted by atomic mass is 9.68. The van der Waals surface area contributed by atoms with Crippen molar-refractivity contribution in [3.05, 3.63) is 35.4 Å². The molecule has 0 radical (unpaired) electrons. The first-order valence-corrected chi connectivity index (χ1v) is 7.07. The molecule has 0 bridgehead atoms. The molecule has 1 nitrogen and oxygen atoms in total. The standard InChI is InChI=1S/C16H23N/c1-13-6-2-5-9-15(13)16(11-17-12-16)10-14-7-3-4-8-14/h2,5-6,9,14,17H,3-4,7-8,10-12H2,1H3. The van der Waals surface area contributed by atoms with Crippen LogP contribution in [0.15, 0.2) is 24.3 Å². The van der Waals surface area contributed by atoms with Crippen LogP contribution in [0.25, 0.3) is 0 Å². The Morgan fingerprint density at radius 2 is 1.88 bits per heavy atom. The monoisotopic (exact) mass is 229 g/mol. The number of aryl methyl sites for hydroxylation is 1. The minimum absolute atomic E-state index is 0.459. The van der Waals surface area contributed by atoms with Gasteiger partial charge in [-0.1, -0.05) is 49.9 Å². The molecule has 1 aromatic carbocycles. The van der Waals surface area contributed by atoms with E-state index in [0.717, 1.165) is 5.92 Å². The molecular weight excluding hydrogens is 206 g/mol. The van der Waals surface area contributed by atoms with Crippen LogP contribution in [0, 0.1) is 12.8 Å². The first-order valence-electron chi connectivity index (χ1n) is 7.07. The van der Waals surface area contributed by atoms with Gasteiger partial charge in [0.1, 0.15) is 0 Å². The van der Waals surface area contributed by atoms with Crippen LogP contribution in [0.4, 0.5) is 0 Å². The average molecular weight is 229 g/mol. The summed E-state index contributed by atoms with van der Waals surface area (Å²) in [4.78, 5) is 0. The maximum Gasteiger partial charge on any atom is 0.0207 e. The third-order valence-electron chi connectivity index (χ3n) is 4.80. The summed E-state index contributed by atoms with van der Waals surface area (Å²) in [6, 6.07) is 8.99. The van der Waals surface area contributed by atoms with Gasteiger partial charge in [0.05, 0.1) is 0 Å². The lowest BCUT2D eigenvalue weighted by Gasteiger charge is -2.45. The van der Waals surface area contributed by atoms with Crippen LogP contribution in [0.2, 0.25) is 0 Å². The van der Waals surface area contributed by atoms with E-state index >= 15 is 0 Å². The van der Waals surface area contributed by atoms with Crippen molar-refractivity contribution in [2.24, 2.45) is 5.92 Å². The van der Waals surface area contributed by atoms with Crippen molar-refractivity contribution in [2.75, 3.05) is 13.1 Å². The van der Waals surface area contributed by atoms with E-state index in [9.17, 15) is 0 Å². The minimum atomic E-state index is 0.459. The number of benzene rings is 1. The summed E-state index contributed by atoms with van der Waals surface area (Å²) < 4.78 is 0. The largest absolute Gasteiger partial charge is 0.315 e. The Hall–Kier alpha value is -0.820. The van der Waals surface area contributed by atoms with E-state index in [-0.39, 0.29) is 0 Å². The van der Waals surface area contributed by atoms with Crippen molar-refractivity contribution in [1.82, 2.24) is 5.32 Å². The maximum atomic E-state index is 3.50. The van der Waals surface area contributed by atoms with E-state index in [4.69, 9.17) is 0 Å². The van der Waals surface area contributed by atoms with Crippen molar-refractivity contribution in [3.8, 4) is 0 Å². The van der Waals surface area contributed by atoms with Crippen LogP contribution in [0.5, 0.6) is 0 Å². The fraction of sp³-hybridized carbons (Fsp3) is 0.625. The van der Waals surface area contributed by atoms with E-state index in [0.29, 0.717) is 5.41 Å². The molecule has 17 heavy (non-hydrogen) atoms. The van der Waals surface area contributed by atoms with Gasteiger partial charge in [-0.15, -0.1) is 0 Å².